The first kappa shape index (κ1) is 76.3. The average Bonchev–Trinajstić information content (AvgIpc) is 1.54. The summed E-state index contributed by atoms with van der Waals surface area (Å²) in [7, 11) is 4.96. The third-order valence-electron chi connectivity index (χ3n) is 15.3. The molecule has 0 aliphatic carbocycles. The van der Waals surface area contributed by atoms with E-state index in [1.807, 2.05) is 21.1 Å². The number of hydroxylamine groups is 2. The molecule has 1 saturated heterocycles. The molecule has 2 aromatic carbocycles. The van der Waals surface area contributed by atoms with Crippen molar-refractivity contribution in [2.75, 3.05) is 120 Å². The van der Waals surface area contributed by atoms with Crippen molar-refractivity contribution in [2.45, 2.75) is 76.5 Å². The van der Waals surface area contributed by atoms with Gasteiger partial charge in [0, 0.05) is 80.7 Å². The molecule has 0 radical (unpaired) electrons. The molecule has 32 nitrogen and oxygen atoms in total. The van der Waals surface area contributed by atoms with E-state index in [2.05, 4.69) is 52.6 Å². The number of carbonyl (C=O) groups excluding carboxylic acids is 8. The minimum Gasteiger partial charge on any atom is -0.493 e. The molecule has 0 bridgehead atoms. The highest BCUT2D eigenvalue weighted by atomic mass is 32.2. The fraction of sp³-hybridized carbons (Fsp3) is 0.508. The van der Waals surface area contributed by atoms with E-state index in [1.54, 1.807) is 60.5 Å². The van der Waals surface area contributed by atoms with Gasteiger partial charge in [-0.15, -0.1) is 5.06 Å². The molecule has 0 spiro atoms. The van der Waals surface area contributed by atoms with Crippen LogP contribution >= 0.6 is 0 Å². The van der Waals surface area contributed by atoms with Crippen LogP contribution in [0.5, 0.6) is 11.5 Å². The van der Waals surface area contributed by atoms with Crippen molar-refractivity contribution in [3.8, 4) is 11.5 Å². The number of benzene rings is 2. The van der Waals surface area contributed by atoms with E-state index in [0.717, 1.165) is 33.6 Å². The molecule has 526 valence electrons. The number of alkyl carbamates (subject to hydrolysis) is 1. The Kier molecular flexibility index (Phi) is 25.7. The highest BCUT2D eigenvalue weighted by molar-refractivity contribution is 7.86. The molecule has 37 heteroatoms. The summed E-state index contributed by atoms with van der Waals surface area (Å²) in [5.74, 6) is -10.3. The minimum atomic E-state index is -5.04. The number of nitrogens with one attached hydrogen (secondary N) is 5. The molecule has 7 N–H and O–H groups in total. The predicted molar refractivity (Wildman–Crippen MR) is 342 cm³/mol. The van der Waals surface area contributed by atoms with Gasteiger partial charge < -0.3 is 77.1 Å². The van der Waals surface area contributed by atoms with Crippen molar-refractivity contribution in [3.63, 3.8) is 0 Å². The summed E-state index contributed by atoms with van der Waals surface area (Å²) in [6, 6.07) is 8.55. The highest BCUT2D eigenvalue weighted by Gasteiger charge is 2.55. The van der Waals surface area contributed by atoms with Gasteiger partial charge in [-0.3, -0.25) is 48.0 Å². The van der Waals surface area contributed by atoms with Crippen LogP contribution < -0.4 is 36.1 Å². The van der Waals surface area contributed by atoms with Crippen LogP contribution in [0.3, 0.4) is 0 Å². The maximum Gasteiger partial charge on any atom is 0.737 e. The number of nitrogens with zero attached hydrogens (tertiary/aromatic N) is 7. The number of allylic oxidation sites excluding steroid dienone is 2. The second-order valence-corrected chi connectivity index (χ2v) is 28.2. The Hall–Kier alpha value is -8.75. The van der Waals surface area contributed by atoms with Gasteiger partial charge in [0.25, 0.3) is 37.7 Å². The Labute approximate surface area is 553 Å². The predicted octanol–water partition coefficient (Wildman–Crippen LogP) is 0.864. The van der Waals surface area contributed by atoms with E-state index in [4.69, 9.17) is 14.2 Å². The van der Waals surface area contributed by atoms with Crippen molar-refractivity contribution in [1.29, 1.82) is 0 Å². The van der Waals surface area contributed by atoms with E-state index < -0.39 is 135 Å². The number of halogens is 2. The number of quaternary nitrogens is 2. The van der Waals surface area contributed by atoms with Gasteiger partial charge in [-0.1, -0.05) is 18.2 Å². The first-order valence-electron chi connectivity index (χ1n) is 30.5. The molecule has 3 aromatic rings. The lowest BCUT2D eigenvalue weighted by atomic mass is 9.88. The number of rotatable bonds is 36. The fourth-order valence-corrected chi connectivity index (χ4v) is 12.0. The first-order chi connectivity index (χ1) is 44.7. The molecule has 1 fully saturated rings. The number of aromatic nitrogens is 1. The monoisotopic (exact) mass is 1390 g/mol. The van der Waals surface area contributed by atoms with Crippen LogP contribution in [0.25, 0.3) is 6.08 Å². The van der Waals surface area contributed by atoms with E-state index >= 15 is 8.63 Å². The number of imide groups is 1. The Bertz CT molecular complexity index is 3780. The van der Waals surface area contributed by atoms with Crippen LogP contribution in [0.2, 0.25) is 0 Å². The Morgan fingerprint density at radius 1 is 0.792 bits per heavy atom. The fourth-order valence-electron chi connectivity index (χ4n) is 10.7. The molecule has 3 aliphatic heterocycles. The average molecular weight is 1390 g/mol. The molecule has 3 unspecified atom stereocenters. The zero-order valence-corrected chi connectivity index (χ0v) is 56.4. The van der Waals surface area contributed by atoms with Crippen molar-refractivity contribution >= 4 is 92.2 Å². The van der Waals surface area contributed by atoms with Crippen LogP contribution in [0, 0.1) is 10.1 Å². The standard InChI is InChI=1S/C59H81BF2N12O20S2/c1-38(93-59(82)65-35-56(79)94-71-54(77)21-22-55(71)78)43-31-50(91-9)51(33-49(43)72(83)84)92-28-25-68(2)24-23-63-57(80)44(36-95(85,86)87)67-53(76)34-64-58(81)45(37-96(88,89)90)66-52(75)20-19-42-29-40(17-13-26-73(3,4)5)47-32-48-41(18-14-27-74(6,7)8)30-46(39-15-11-10-12-16-39)70(48)60(61,62)69(42)47/h10-12,15-16,29-33,38,44-45H,13-14,17-28,34-37H2,1-9H3,(H5-2,63,64,65,66,67,75,76,80,81,82,85,86,87,88,89,90)/p+2. The van der Waals surface area contributed by atoms with Gasteiger partial charge in [-0.2, -0.15) is 16.8 Å². The number of fused-ring (bicyclic) bond motifs is 2. The SMILES string of the molecule is COc1cc(C(C)OC(=O)NCC(=O)ON2C(=O)CCC2=O)c([N+](=O)[O-])cc1OCCN(C)CCNC(=O)C(CS(=O)(=O)O)NC(=O)CNC(=O)C(CS(=O)(=O)O)NC(=O)CCc1cc(CCC[N+](C)(C)C)c2n1[B-](F)(F)[N+]1=C(c3ccccc3)C=C(CCC[N+](C)(C)C)C1=C2. The Morgan fingerprint density at radius 2 is 1.39 bits per heavy atom. The number of ether oxygens (including phenoxy) is 3. The summed E-state index contributed by atoms with van der Waals surface area (Å²) in [6.45, 7) is -4.01. The molecule has 1 aromatic heterocycles. The van der Waals surface area contributed by atoms with Crippen LogP contribution in [-0.4, -0.2) is 251 Å². The molecule has 0 saturated carbocycles. The maximum absolute atomic E-state index is 17.7. The summed E-state index contributed by atoms with van der Waals surface area (Å²) in [4.78, 5) is 119. The van der Waals surface area contributed by atoms with Crippen molar-refractivity contribution < 1.29 is 110 Å². The molecular formula is C59H83BF2N12O20S2+2. The quantitative estimate of drug-likeness (QED) is 0.0106. The van der Waals surface area contributed by atoms with Crippen LogP contribution in [0.4, 0.5) is 19.1 Å². The van der Waals surface area contributed by atoms with Crippen LogP contribution in [-0.2, 0) is 76.2 Å². The van der Waals surface area contributed by atoms with Crippen LogP contribution in [0.1, 0.15) is 79.6 Å². The molecule has 3 atom stereocenters. The number of nitro groups is 1. The molecule has 7 amide bonds. The van der Waals surface area contributed by atoms with Crippen molar-refractivity contribution in [3.05, 3.63) is 104 Å². The maximum atomic E-state index is 17.7. The molecular weight excluding hydrogens is 1310 g/mol. The molecule has 3 aliphatic rings. The number of methoxy groups -OCH3 is 1. The van der Waals surface area contributed by atoms with Crippen LogP contribution in [0.15, 0.2) is 65.9 Å². The number of likely N-dealkylation sites (N-methyl/N-ethyl adjacent to an activating group) is 1. The number of amides is 7. The minimum absolute atomic E-state index is 0.0263. The summed E-state index contributed by atoms with van der Waals surface area (Å²) in [5.41, 5.74) is 2.24. The third kappa shape index (κ3) is 22.2. The topological polar surface area (TPSA) is 400 Å². The highest BCUT2D eigenvalue weighted by Crippen LogP contribution is 2.41. The third-order valence-corrected chi connectivity index (χ3v) is 16.8. The number of nitro benzene ring substituents is 1. The van der Waals surface area contributed by atoms with Gasteiger partial charge in [0.05, 0.1) is 85.6 Å². The summed E-state index contributed by atoms with van der Waals surface area (Å²) < 4.78 is 123. The zero-order valence-electron chi connectivity index (χ0n) is 54.8. The Balaban J connectivity index is 1.04. The number of hydrogen-bond donors (Lipinski definition) is 7. The van der Waals surface area contributed by atoms with Gasteiger partial charge in [-0.25, -0.2) is 9.59 Å². The molecule has 4 heterocycles. The summed E-state index contributed by atoms with van der Waals surface area (Å²) >= 11 is 0. The normalized spacial score (nSPS) is 15.5. The molecule has 96 heavy (non-hydrogen) atoms. The number of aryl methyl sites for hydroxylation is 2. The van der Waals surface area contributed by atoms with Crippen molar-refractivity contribution in [1.82, 2.24) is 41.0 Å². The summed E-state index contributed by atoms with van der Waals surface area (Å²) in [5, 5.41) is 23.2. The van der Waals surface area contributed by atoms with Gasteiger partial charge in [0.15, 0.2) is 22.9 Å². The lowest BCUT2D eigenvalue weighted by Crippen LogP contribution is -2.55. The lowest BCUT2D eigenvalue weighted by molar-refractivity contribution is -0.870. The first-order valence-corrected chi connectivity index (χ1v) is 33.7. The molecule has 6 rings (SSSR count). The van der Waals surface area contributed by atoms with E-state index in [-0.39, 0.29) is 79.0 Å². The Morgan fingerprint density at radius 3 is 1.97 bits per heavy atom. The van der Waals surface area contributed by atoms with E-state index in [9.17, 15) is 74.4 Å². The number of carbonyl (C=O) groups is 8. The summed E-state index contributed by atoms with van der Waals surface area (Å²) in [6.07, 6.45) is 2.12. The largest absolute Gasteiger partial charge is 0.737 e. The number of hydrogen-bond acceptors (Lipinski definition) is 19. The van der Waals surface area contributed by atoms with Gasteiger partial charge in [0.1, 0.15) is 42.8 Å². The smallest absolute Gasteiger partial charge is 0.493 e. The van der Waals surface area contributed by atoms with Gasteiger partial charge in [-0.05, 0) is 68.8 Å². The second kappa shape index (κ2) is 32.3. The van der Waals surface area contributed by atoms with Crippen molar-refractivity contribution in [2.24, 2.45) is 0 Å². The second-order valence-electron chi connectivity index (χ2n) is 25.2. The van der Waals surface area contributed by atoms with E-state index in [1.165, 1.54) is 20.1 Å². The lowest BCUT2D eigenvalue weighted by Gasteiger charge is -2.32. The van der Waals surface area contributed by atoms with Gasteiger partial charge >= 0.3 is 19.0 Å². The van der Waals surface area contributed by atoms with Gasteiger partial charge in [0.2, 0.25) is 23.6 Å². The zero-order chi connectivity index (χ0) is 71.3. The van der Waals surface area contributed by atoms with E-state index in [0.29, 0.717) is 57.3 Å².